The number of benzene rings is 1. The first kappa shape index (κ1) is 16.2. The Bertz CT molecular complexity index is 730. The number of carboxylic acids is 1. The summed E-state index contributed by atoms with van der Waals surface area (Å²) in [6.07, 6.45) is 0. The van der Waals surface area contributed by atoms with E-state index < -0.39 is 22.7 Å². The summed E-state index contributed by atoms with van der Waals surface area (Å²) in [5.41, 5.74) is 0.737. The first-order valence-corrected chi connectivity index (χ1v) is 8.51. The number of hydrogen-bond acceptors (Lipinski definition) is 6. The van der Waals surface area contributed by atoms with Gasteiger partial charge in [-0.05, 0) is 24.6 Å². The minimum atomic E-state index is -1.44. The van der Waals surface area contributed by atoms with Crippen molar-refractivity contribution in [1.29, 1.82) is 0 Å². The van der Waals surface area contributed by atoms with Crippen molar-refractivity contribution in [1.82, 2.24) is 10.2 Å². The van der Waals surface area contributed by atoms with Crippen LogP contribution in [0.15, 0.2) is 24.3 Å². The van der Waals surface area contributed by atoms with Crippen LogP contribution in [0.3, 0.4) is 0 Å². The number of nitrogens with zero attached hydrogens (tertiary/aromatic N) is 2. The number of carbonyl (C=O) groups excluding carboxylic acids is 1. The highest BCUT2D eigenvalue weighted by molar-refractivity contribution is 7.84. The van der Waals surface area contributed by atoms with Crippen LogP contribution < -0.4 is 5.32 Å². The van der Waals surface area contributed by atoms with E-state index in [9.17, 15) is 13.8 Å². The zero-order chi connectivity index (χ0) is 16.1. The molecule has 0 saturated carbocycles. The van der Waals surface area contributed by atoms with Crippen LogP contribution in [0.1, 0.15) is 20.9 Å². The fraction of sp³-hybridized carbons (Fsp3) is 0.231. The van der Waals surface area contributed by atoms with Gasteiger partial charge in [0.1, 0.15) is 10.8 Å². The third kappa shape index (κ3) is 4.71. The maximum Gasteiger partial charge on any atom is 0.335 e. The van der Waals surface area contributed by atoms with E-state index in [2.05, 4.69) is 15.5 Å². The van der Waals surface area contributed by atoms with Gasteiger partial charge in [-0.15, -0.1) is 10.2 Å². The fourth-order valence-electron chi connectivity index (χ4n) is 1.68. The maximum absolute atomic E-state index is 12.0. The molecule has 7 nitrogen and oxygen atoms in total. The molecule has 1 unspecified atom stereocenters. The molecule has 0 bridgehead atoms. The van der Waals surface area contributed by atoms with Crippen LogP contribution in [0.4, 0.5) is 5.13 Å². The van der Waals surface area contributed by atoms with Gasteiger partial charge in [-0.1, -0.05) is 23.5 Å². The van der Waals surface area contributed by atoms with Crippen LogP contribution in [0, 0.1) is 6.92 Å². The molecule has 0 aliphatic rings. The van der Waals surface area contributed by atoms with E-state index in [0.29, 0.717) is 10.7 Å². The molecule has 2 aromatic rings. The Morgan fingerprint density at radius 3 is 2.77 bits per heavy atom. The first-order chi connectivity index (χ1) is 10.4. The smallest absolute Gasteiger partial charge is 0.335 e. The second-order valence-corrected chi connectivity index (χ2v) is 7.05. The number of nitrogens with one attached hydrogen (secondary N) is 1. The predicted octanol–water partition coefficient (Wildman–Crippen LogP) is 1.43. The van der Waals surface area contributed by atoms with Gasteiger partial charge in [0.2, 0.25) is 11.0 Å². The second kappa shape index (κ2) is 7.23. The number of anilines is 1. The van der Waals surface area contributed by atoms with Crippen LogP contribution in [0.5, 0.6) is 0 Å². The van der Waals surface area contributed by atoms with Gasteiger partial charge in [0, 0.05) is 16.6 Å². The van der Waals surface area contributed by atoms with Crippen LogP contribution >= 0.6 is 11.3 Å². The summed E-state index contributed by atoms with van der Waals surface area (Å²) in [6, 6.07) is 6.17. The molecule has 1 amide bonds. The SMILES string of the molecule is Cc1nnc(NC(=O)CS(=O)Cc2cccc(C(=O)O)c2)s1. The van der Waals surface area contributed by atoms with E-state index in [-0.39, 0.29) is 17.1 Å². The predicted molar refractivity (Wildman–Crippen MR) is 83.4 cm³/mol. The molecule has 2 rings (SSSR count). The van der Waals surface area contributed by atoms with E-state index in [0.717, 1.165) is 5.01 Å². The molecule has 2 N–H and O–H groups in total. The zero-order valence-electron chi connectivity index (χ0n) is 11.6. The van der Waals surface area contributed by atoms with Gasteiger partial charge in [-0.3, -0.25) is 14.3 Å². The highest BCUT2D eigenvalue weighted by Crippen LogP contribution is 2.13. The Balaban J connectivity index is 1.91. The van der Waals surface area contributed by atoms with Crippen LogP contribution in [0.25, 0.3) is 0 Å². The molecule has 0 fully saturated rings. The van der Waals surface area contributed by atoms with Gasteiger partial charge in [-0.25, -0.2) is 4.79 Å². The van der Waals surface area contributed by atoms with E-state index in [4.69, 9.17) is 5.11 Å². The van der Waals surface area contributed by atoms with E-state index in [1.165, 1.54) is 23.5 Å². The molecule has 22 heavy (non-hydrogen) atoms. The molecule has 0 radical (unpaired) electrons. The molecular weight excluding hydrogens is 326 g/mol. The van der Waals surface area contributed by atoms with E-state index in [1.807, 2.05) is 0 Å². The Kier molecular flexibility index (Phi) is 5.34. The lowest BCUT2D eigenvalue weighted by Crippen LogP contribution is -2.20. The third-order valence-electron chi connectivity index (χ3n) is 2.57. The minimum Gasteiger partial charge on any atom is -0.478 e. The van der Waals surface area contributed by atoms with Crippen molar-refractivity contribution in [2.24, 2.45) is 0 Å². The normalized spacial score (nSPS) is 11.9. The summed E-state index contributed by atoms with van der Waals surface area (Å²) in [5, 5.41) is 20.0. The van der Waals surface area contributed by atoms with Gasteiger partial charge in [0.25, 0.3) is 0 Å². The van der Waals surface area contributed by atoms with Crippen molar-refractivity contribution in [3.05, 3.63) is 40.4 Å². The topological polar surface area (TPSA) is 109 Å². The Morgan fingerprint density at radius 2 is 2.14 bits per heavy atom. The monoisotopic (exact) mass is 339 g/mol. The molecule has 0 saturated heterocycles. The Morgan fingerprint density at radius 1 is 1.36 bits per heavy atom. The third-order valence-corrected chi connectivity index (χ3v) is 4.56. The van der Waals surface area contributed by atoms with Crippen molar-refractivity contribution >= 4 is 39.1 Å². The van der Waals surface area contributed by atoms with Crippen LogP contribution in [-0.4, -0.2) is 37.1 Å². The highest BCUT2D eigenvalue weighted by atomic mass is 32.2. The molecule has 1 atom stereocenters. The van der Waals surface area contributed by atoms with E-state index in [1.54, 1.807) is 19.1 Å². The number of carboxylic acid groups (broad SMARTS) is 1. The van der Waals surface area contributed by atoms with Crippen molar-refractivity contribution < 1.29 is 18.9 Å². The van der Waals surface area contributed by atoms with Gasteiger partial charge in [0.05, 0.1) is 5.56 Å². The Labute approximate surface area is 132 Å². The van der Waals surface area contributed by atoms with E-state index >= 15 is 0 Å². The quantitative estimate of drug-likeness (QED) is 0.824. The van der Waals surface area contributed by atoms with Gasteiger partial charge < -0.3 is 5.11 Å². The number of aromatic carboxylic acids is 1. The van der Waals surface area contributed by atoms with Crippen molar-refractivity contribution in [3.8, 4) is 0 Å². The summed E-state index contributed by atoms with van der Waals surface area (Å²) in [6.45, 7) is 1.76. The highest BCUT2D eigenvalue weighted by Gasteiger charge is 2.12. The van der Waals surface area contributed by atoms with Crippen molar-refractivity contribution in [2.75, 3.05) is 11.1 Å². The van der Waals surface area contributed by atoms with Gasteiger partial charge in [0.15, 0.2) is 0 Å². The minimum absolute atomic E-state index is 0.115. The van der Waals surface area contributed by atoms with Crippen LogP contribution in [-0.2, 0) is 21.3 Å². The summed E-state index contributed by atoms with van der Waals surface area (Å²) < 4.78 is 12.0. The number of aromatic nitrogens is 2. The molecule has 116 valence electrons. The summed E-state index contributed by atoms with van der Waals surface area (Å²) in [4.78, 5) is 22.6. The fourth-order valence-corrected chi connectivity index (χ4v) is 3.31. The van der Waals surface area contributed by atoms with Gasteiger partial charge >= 0.3 is 5.97 Å². The number of carbonyl (C=O) groups is 2. The average Bonchev–Trinajstić information content (AvgIpc) is 2.83. The average molecular weight is 339 g/mol. The molecule has 1 heterocycles. The molecule has 1 aromatic carbocycles. The second-order valence-electron chi connectivity index (χ2n) is 4.41. The molecular formula is C13H13N3O4S2. The first-order valence-electron chi connectivity index (χ1n) is 6.21. The number of aryl methyl sites for hydroxylation is 1. The molecule has 0 aliphatic carbocycles. The summed E-state index contributed by atoms with van der Waals surface area (Å²) in [7, 11) is -1.44. The number of amides is 1. The molecule has 9 heteroatoms. The number of hydrogen-bond donors (Lipinski definition) is 2. The van der Waals surface area contributed by atoms with Gasteiger partial charge in [-0.2, -0.15) is 0 Å². The maximum atomic E-state index is 12.0. The standard InChI is InChI=1S/C13H13N3O4S2/c1-8-15-16-13(21-8)14-11(17)7-22(20)6-9-3-2-4-10(5-9)12(18)19/h2-5H,6-7H2,1H3,(H,18,19)(H,14,16,17). The molecule has 0 spiro atoms. The molecule has 0 aliphatic heterocycles. The lowest BCUT2D eigenvalue weighted by atomic mass is 10.1. The lowest BCUT2D eigenvalue weighted by molar-refractivity contribution is -0.113. The van der Waals surface area contributed by atoms with Crippen molar-refractivity contribution in [2.45, 2.75) is 12.7 Å². The summed E-state index contributed by atoms with van der Waals surface area (Å²) in [5.74, 6) is -1.53. The zero-order valence-corrected chi connectivity index (χ0v) is 13.2. The molecule has 1 aromatic heterocycles. The van der Waals surface area contributed by atoms with Crippen molar-refractivity contribution in [3.63, 3.8) is 0 Å². The Hall–Kier alpha value is -2.13. The largest absolute Gasteiger partial charge is 0.478 e. The van der Waals surface area contributed by atoms with Crippen LogP contribution in [0.2, 0.25) is 0 Å². The lowest BCUT2D eigenvalue weighted by Gasteiger charge is -2.04. The summed E-state index contributed by atoms with van der Waals surface area (Å²) >= 11 is 1.23. The number of rotatable bonds is 6.